The molecule has 3 aromatic carbocycles. The van der Waals surface area contributed by atoms with Crippen molar-refractivity contribution in [3.05, 3.63) is 83.4 Å². The molecule has 2 N–H and O–H groups in total. The molecule has 0 saturated carbocycles. The zero-order chi connectivity index (χ0) is 24.1. The first kappa shape index (κ1) is 23.1. The van der Waals surface area contributed by atoms with Gasteiger partial charge in [-0.05, 0) is 67.9 Å². The Hall–Kier alpha value is -4.04. The van der Waals surface area contributed by atoms with Gasteiger partial charge in [-0.2, -0.15) is 0 Å². The fraction of sp³-hybridized carbons (Fsp3) is 0.154. The first-order valence-corrected chi connectivity index (χ1v) is 11.5. The third kappa shape index (κ3) is 5.85. The largest absolute Gasteiger partial charge is 0.454 e. The molecule has 172 valence electrons. The summed E-state index contributed by atoms with van der Waals surface area (Å²) in [7, 11) is 0. The maximum atomic E-state index is 12.1. The molecule has 0 aliphatic heterocycles. The number of nitrogens with one attached hydrogen (secondary N) is 2. The Labute approximate surface area is 200 Å². The van der Waals surface area contributed by atoms with E-state index in [0.29, 0.717) is 11.3 Å². The zero-order valence-electron chi connectivity index (χ0n) is 18.8. The van der Waals surface area contributed by atoms with E-state index in [2.05, 4.69) is 28.6 Å². The van der Waals surface area contributed by atoms with Gasteiger partial charge in [0.25, 0.3) is 11.8 Å². The third-order valence-corrected chi connectivity index (χ3v) is 6.06. The van der Waals surface area contributed by atoms with Crippen LogP contribution in [-0.2, 0) is 14.3 Å². The van der Waals surface area contributed by atoms with Gasteiger partial charge in [-0.15, -0.1) is 11.3 Å². The molecule has 0 unspecified atom stereocenters. The molecule has 2 amide bonds. The van der Waals surface area contributed by atoms with Gasteiger partial charge in [0.15, 0.2) is 6.61 Å². The summed E-state index contributed by atoms with van der Waals surface area (Å²) in [4.78, 5) is 40.7. The van der Waals surface area contributed by atoms with Gasteiger partial charge in [-0.3, -0.25) is 14.4 Å². The van der Waals surface area contributed by atoms with Gasteiger partial charge in [0.05, 0.1) is 10.2 Å². The molecule has 1 aromatic heterocycles. The number of hydrogen-bond acceptors (Lipinski definition) is 6. The van der Waals surface area contributed by atoms with Crippen molar-refractivity contribution in [2.45, 2.75) is 13.8 Å². The van der Waals surface area contributed by atoms with Crippen molar-refractivity contribution >= 4 is 45.0 Å². The number of hydrogen-bond donors (Lipinski definition) is 2. The molecule has 0 aliphatic carbocycles. The summed E-state index contributed by atoms with van der Waals surface area (Å²) in [5.41, 5.74) is 5.07. The van der Waals surface area contributed by atoms with Crippen LogP contribution in [0.2, 0.25) is 0 Å². The highest BCUT2D eigenvalue weighted by molar-refractivity contribution is 7.21. The van der Waals surface area contributed by atoms with E-state index in [1.807, 2.05) is 37.3 Å². The summed E-state index contributed by atoms with van der Waals surface area (Å²) in [5, 5.41) is 6.07. The number of esters is 1. The van der Waals surface area contributed by atoms with Crippen LogP contribution in [0.3, 0.4) is 0 Å². The average molecular weight is 474 g/mol. The fourth-order valence-electron chi connectivity index (χ4n) is 3.29. The average Bonchev–Trinajstić information content (AvgIpc) is 3.25. The van der Waals surface area contributed by atoms with Gasteiger partial charge in [0, 0.05) is 16.8 Å². The number of nitrogens with zero attached hydrogens (tertiary/aromatic N) is 1. The van der Waals surface area contributed by atoms with E-state index < -0.39 is 18.5 Å². The number of aromatic nitrogens is 1. The van der Waals surface area contributed by atoms with Gasteiger partial charge in [0.1, 0.15) is 11.6 Å². The molecule has 4 aromatic rings. The monoisotopic (exact) mass is 473 g/mol. The number of anilines is 1. The van der Waals surface area contributed by atoms with E-state index in [4.69, 9.17) is 4.74 Å². The smallest absolute Gasteiger partial charge is 0.325 e. The number of fused-ring (bicyclic) bond motifs is 1. The first-order chi connectivity index (χ1) is 16.4. The van der Waals surface area contributed by atoms with Gasteiger partial charge < -0.3 is 15.4 Å². The third-order valence-electron chi connectivity index (χ3n) is 5.00. The summed E-state index contributed by atoms with van der Waals surface area (Å²) >= 11 is 1.62. The van der Waals surface area contributed by atoms with Crippen molar-refractivity contribution in [2.24, 2.45) is 0 Å². The second-order valence-electron chi connectivity index (χ2n) is 7.83. The molecule has 34 heavy (non-hydrogen) atoms. The second-order valence-corrected chi connectivity index (χ2v) is 8.86. The molecule has 0 saturated heterocycles. The molecule has 0 aliphatic rings. The Morgan fingerprint density at radius 2 is 1.71 bits per heavy atom. The number of carbonyl (C=O) groups excluding carboxylic acids is 3. The van der Waals surface area contributed by atoms with Gasteiger partial charge in [-0.1, -0.05) is 23.8 Å². The molecule has 7 nitrogen and oxygen atoms in total. The van der Waals surface area contributed by atoms with Crippen molar-refractivity contribution in [2.75, 3.05) is 18.5 Å². The molecule has 0 atom stereocenters. The van der Waals surface area contributed by atoms with E-state index in [1.165, 1.54) is 5.56 Å². The van der Waals surface area contributed by atoms with Crippen LogP contribution in [0.25, 0.3) is 20.8 Å². The summed E-state index contributed by atoms with van der Waals surface area (Å²) in [5.74, 6) is -1.55. The van der Waals surface area contributed by atoms with Crippen LogP contribution in [0.1, 0.15) is 21.5 Å². The highest BCUT2D eigenvalue weighted by Gasteiger charge is 2.12. The van der Waals surface area contributed by atoms with Crippen molar-refractivity contribution in [1.29, 1.82) is 0 Å². The van der Waals surface area contributed by atoms with Gasteiger partial charge in [-0.25, -0.2) is 4.98 Å². The number of aryl methyl sites for hydroxylation is 2. The Kier molecular flexibility index (Phi) is 6.98. The minimum Gasteiger partial charge on any atom is -0.454 e. The number of benzene rings is 3. The van der Waals surface area contributed by atoms with Crippen molar-refractivity contribution < 1.29 is 19.1 Å². The predicted molar refractivity (Wildman–Crippen MR) is 133 cm³/mol. The van der Waals surface area contributed by atoms with Crippen molar-refractivity contribution in [3.8, 4) is 10.6 Å². The van der Waals surface area contributed by atoms with Crippen LogP contribution in [0.4, 0.5) is 5.69 Å². The lowest BCUT2D eigenvalue weighted by Gasteiger charge is -2.08. The van der Waals surface area contributed by atoms with E-state index in [1.54, 1.807) is 41.7 Å². The maximum absolute atomic E-state index is 12.1. The lowest BCUT2D eigenvalue weighted by molar-refractivity contribution is -0.146. The molecule has 1 heterocycles. The number of ether oxygens (including phenoxy) is 1. The van der Waals surface area contributed by atoms with E-state index in [0.717, 1.165) is 26.4 Å². The summed E-state index contributed by atoms with van der Waals surface area (Å²) in [6.45, 7) is 3.16. The Morgan fingerprint density at radius 3 is 2.47 bits per heavy atom. The second kappa shape index (κ2) is 10.3. The number of rotatable bonds is 7. The molecule has 0 radical (unpaired) electrons. The Morgan fingerprint density at radius 1 is 0.941 bits per heavy atom. The van der Waals surface area contributed by atoms with Gasteiger partial charge in [0.2, 0.25) is 0 Å². The highest BCUT2D eigenvalue weighted by Crippen LogP contribution is 2.31. The lowest BCUT2D eigenvalue weighted by atomic mass is 10.1. The van der Waals surface area contributed by atoms with Crippen LogP contribution >= 0.6 is 11.3 Å². The molecule has 8 heteroatoms. The van der Waals surface area contributed by atoms with E-state index >= 15 is 0 Å². The quantitative estimate of drug-likeness (QED) is 0.386. The van der Waals surface area contributed by atoms with E-state index in [9.17, 15) is 14.4 Å². The van der Waals surface area contributed by atoms with Gasteiger partial charge >= 0.3 is 5.97 Å². The standard InChI is InChI=1S/C26H23N3O4S/c1-16-4-3-5-19(12-16)25(32)27-14-24(31)33-15-23(30)28-20-9-7-18(8-10-20)26-29-21-11-6-17(2)13-22(21)34-26/h3-13H,14-15H2,1-2H3,(H,27,32)(H,28,30). The van der Waals surface area contributed by atoms with Crippen LogP contribution in [-0.4, -0.2) is 35.9 Å². The van der Waals surface area contributed by atoms with Crippen LogP contribution in [0.5, 0.6) is 0 Å². The van der Waals surface area contributed by atoms with E-state index in [-0.39, 0.29) is 12.5 Å². The number of carbonyl (C=O) groups is 3. The molecule has 0 fully saturated rings. The minimum absolute atomic E-state index is 0.323. The summed E-state index contributed by atoms with van der Waals surface area (Å²) < 4.78 is 6.08. The minimum atomic E-state index is -0.697. The molecule has 0 bridgehead atoms. The predicted octanol–water partition coefficient (Wildman–Crippen LogP) is 4.49. The fourth-order valence-corrected chi connectivity index (χ4v) is 4.36. The SMILES string of the molecule is Cc1cccc(C(=O)NCC(=O)OCC(=O)Nc2ccc(-c3nc4ccc(C)cc4s3)cc2)c1. The van der Waals surface area contributed by atoms with Crippen LogP contribution in [0.15, 0.2) is 66.7 Å². The summed E-state index contributed by atoms with van der Waals surface area (Å²) in [6, 6.07) is 20.5. The van der Waals surface area contributed by atoms with Crippen LogP contribution in [0, 0.1) is 13.8 Å². The lowest BCUT2D eigenvalue weighted by Crippen LogP contribution is -2.32. The molecular weight excluding hydrogens is 450 g/mol. The summed E-state index contributed by atoms with van der Waals surface area (Å²) in [6.07, 6.45) is 0. The zero-order valence-corrected chi connectivity index (χ0v) is 19.6. The van der Waals surface area contributed by atoms with Crippen molar-refractivity contribution in [1.82, 2.24) is 10.3 Å². The van der Waals surface area contributed by atoms with Crippen molar-refractivity contribution in [3.63, 3.8) is 0 Å². The Balaban J connectivity index is 1.25. The molecular formula is C26H23N3O4S. The number of amides is 2. The topological polar surface area (TPSA) is 97.4 Å². The number of thiazole rings is 1. The highest BCUT2D eigenvalue weighted by atomic mass is 32.1. The normalized spacial score (nSPS) is 10.6. The maximum Gasteiger partial charge on any atom is 0.325 e. The molecule has 4 rings (SSSR count). The first-order valence-electron chi connectivity index (χ1n) is 10.7. The Bertz CT molecular complexity index is 1360. The molecule has 0 spiro atoms. The van der Waals surface area contributed by atoms with Crippen LogP contribution < -0.4 is 10.6 Å².